The van der Waals surface area contributed by atoms with Crippen molar-refractivity contribution in [3.05, 3.63) is 59.7 Å². The summed E-state index contributed by atoms with van der Waals surface area (Å²) in [7, 11) is 0. The van der Waals surface area contributed by atoms with Gasteiger partial charge >= 0.3 is 12.1 Å². The van der Waals surface area contributed by atoms with E-state index in [1.54, 1.807) is 0 Å². The second kappa shape index (κ2) is 18.3. The second-order valence-electron chi connectivity index (χ2n) is 12.2. The van der Waals surface area contributed by atoms with Crippen LogP contribution in [0.4, 0.5) is 4.79 Å². The van der Waals surface area contributed by atoms with Crippen LogP contribution >= 0.6 is 0 Å². The Kier molecular flexibility index (Phi) is 14.6. The van der Waals surface area contributed by atoms with Crippen molar-refractivity contribution in [3.63, 3.8) is 0 Å². The van der Waals surface area contributed by atoms with E-state index < -0.39 is 17.6 Å². The summed E-state index contributed by atoms with van der Waals surface area (Å²) >= 11 is 0. The molecule has 0 unspecified atom stereocenters. The molecule has 43 heavy (non-hydrogen) atoms. The summed E-state index contributed by atoms with van der Waals surface area (Å²) in [5.41, 5.74) is 3.01. The van der Waals surface area contributed by atoms with Crippen LogP contribution in [0.2, 0.25) is 0 Å². The maximum Gasteiger partial charge on any atom is 0.408 e. The third-order valence-corrected chi connectivity index (χ3v) is 8.63. The average molecular weight is 593 g/mol. The summed E-state index contributed by atoms with van der Waals surface area (Å²) in [6.45, 7) is 4.37. The van der Waals surface area contributed by atoms with Crippen molar-refractivity contribution < 1.29 is 24.2 Å². The molecule has 0 saturated heterocycles. The summed E-state index contributed by atoms with van der Waals surface area (Å²) in [5, 5.41) is 15.4. The monoisotopic (exact) mass is 592 g/mol. The quantitative estimate of drug-likeness (QED) is 0.126. The van der Waals surface area contributed by atoms with Gasteiger partial charge in [0.2, 0.25) is 5.91 Å². The summed E-state index contributed by atoms with van der Waals surface area (Å²) in [6.07, 6.45) is 15.0. The number of carboxylic acid groups (broad SMARTS) is 1. The van der Waals surface area contributed by atoms with E-state index in [4.69, 9.17) is 4.74 Å². The first-order valence-corrected chi connectivity index (χ1v) is 16.5. The zero-order valence-electron chi connectivity index (χ0n) is 26.3. The van der Waals surface area contributed by atoms with Crippen molar-refractivity contribution in [2.75, 3.05) is 13.2 Å². The number of carbonyl (C=O) groups is 3. The number of carboxylic acids is 1. The first-order valence-electron chi connectivity index (χ1n) is 16.5. The van der Waals surface area contributed by atoms with Gasteiger partial charge in [-0.1, -0.05) is 120 Å². The Morgan fingerprint density at radius 3 is 1.86 bits per heavy atom. The Bertz CT molecular complexity index is 1120. The molecular weight excluding hydrogens is 540 g/mol. The van der Waals surface area contributed by atoms with Gasteiger partial charge in [-0.25, -0.2) is 9.59 Å². The number of hydrogen-bond donors (Lipinski definition) is 3. The van der Waals surface area contributed by atoms with Gasteiger partial charge < -0.3 is 20.5 Å². The van der Waals surface area contributed by atoms with Gasteiger partial charge in [-0.2, -0.15) is 0 Å². The van der Waals surface area contributed by atoms with Gasteiger partial charge in [-0.3, -0.25) is 4.79 Å². The lowest BCUT2D eigenvalue weighted by molar-refractivity contribution is -0.144. The first-order chi connectivity index (χ1) is 20.9. The van der Waals surface area contributed by atoms with E-state index in [9.17, 15) is 19.5 Å². The zero-order chi connectivity index (χ0) is 30.9. The fourth-order valence-corrected chi connectivity index (χ4v) is 5.95. The number of ether oxygens (including phenoxy) is 1. The zero-order valence-corrected chi connectivity index (χ0v) is 26.3. The Morgan fingerprint density at radius 1 is 0.767 bits per heavy atom. The van der Waals surface area contributed by atoms with Gasteiger partial charge in [-0.05, 0) is 54.9 Å². The van der Waals surface area contributed by atoms with E-state index in [1.807, 2.05) is 36.4 Å². The maximum absolute atomic E-state index is 12.7. The lowest BCUT2D eigenvalue weighted by atomic mass is 9.95. The predicted octanol–water partition coefficient (Wildman–Crippen LogP) is 8.36. The van der Waals surface area contributed by atoms with Gasteiger partial charge in [0.05, 0.1) is 0 Å². The summed E-state index contributed by atoms with van der Waals surface area (Å²) in [4.78, 5) is 36.9. The van der Waals surface area contributed by atoms with Crippen LogP contribution in [0.25, 0.3) is 11.1 Å². The summed E-state index contributed by atoms with van der Waals surface area (Å²) < 4.78 is 5.57. The minimum Gasteiger partial charge on any atom is -0.480 e. The van der Waals surface area contributed by atoms with Crippen LogP contribution < -0.4 is 10.6 Å². The van der Waals surface area contributed by atoms with E-state index in [1.165, 1.54) is 64.7 Å². The predicted molar refractivity (Wildman–Crippen MR) is 172 cm³/mol. The van der Waals surface area contributed by atoms with Crippen molar-refractivity contribution in [2.24, 2.45) is 0 Å². The number of benzene rings is 2. The molecule has 2 aromatic carbocycles. The maximum atomic E-state index is 12.7. The molecule has 7 heteroatoms. The summed E-state index contributed by atoms with van der Waals surface area (Å²) in [5.74, 6) is -1.15. The molecule has 0 aliphatic heterocycles. The third kappa shape index (κ3) is 11.0. The molecule has 0 bridgehead atoms. The van der Waals surface area contributed by atoms with Gasteiger partial charge in [0.1, 0.15) is 12.1 Å². The Morgan fingerprint density at radius 2 is 1.30 bits per heavy atom. The number of carbonyl (C=O) groups excluding carboxylic acids is 2. The lowest BCUT2D eigenvalue weighted by Crippen LogP contribution is -2.52. The largest absolute Gasteiger partial charge is 0.480 e. The standard InChI is InChI=1S/C36H52N2O5/c1-3-4-5-6-7-8-9-10-11-12-13-24-33(39)37-26-19-18-25-36(2,34(40)41)38-35(42)43-27-32-30-22-16-14-20-28(30)29-21-15-17-23-31(29)32/h14-17,20-23,32H,3-13,18-19,24-27H2,1-2H3,(H,37,39)(H,38,42)(H,40,41)/t36-/m0/s1. The molecule has 2 amide bonds. The molecule has 1 aliphatic carbocycles. The molecule has 3 N–H and O–H groups in total. The molecular formula is C36H52N2O5. The van der Waals surface area contributed by atoms with Gasteiger partial charge in [0.15, 0.2) is 0 Å². The van der Waals surface area contributed by atoms with Crippen LogP contribution in [-0.2, 0) is 14.3 Å². The number of nitrogens with one attached hydrogen (secondary N) is 2. The smallest absolute Gasteiger partial charge is 0.408 e. The molecule has 0 radical (unpaired) electrons. The van der Waals surface area contributed by atoms with Crippen molar-refractivity contribution in [1.82, 2.24) is 10.6 Å². The minimum absolute atomic E-state index is 0.0497. The molecule has 236 valence electrons. The number of amides is 2. The molecule has 0 aromatic heterocycles. The fraction of sp³-hybridized carbons (Fsp3) is 0.583. The third-order valence-electron chi connectivity index (χ3n) is 8.63. The van der Waals surface area contributed by atoms with Crippen LogP contribution in [0.5, 0.6) is 0 Å². The van der Waals surface area contributed by atoms with Crippen LogP contribution in [-0.4, -0.2) is 41.8 Å². The van der Waals surface area contributed by atoms with Crippen molar-refractivity contribution in [1.29, 1.82) is 0 Å². The SMILES string of the molecule is CCCCCCCCCCCCCC(=O)NCCCC[C@](C)(NC(=O)OCC1c2ccccc2-c2ccccc21)C(=O)O. The number of rotatable bonds is 21. The normalized spacial score (nSPS) is 13.5. The van der Waals surface area contributed by atoms with E-state index in [-0.39, 0.29) is 24.9 Å². The molecule has 1 aliphatic rings. The molecule has 2 aromatic rings. The first kappa shape index (κ1) is 34.1. The number of alkyl carbamates (subject to hydrolysis) is 1. The van der Waals surface area contributed by atoms with Gasteiger partial charge in [0.25, 0.3) is 0 Å². The van der Waals surface area contributed by atoms with Crippen LogP contribution in [0.15, 0.2) is 48.5 Å². The highest BCUT2D eigenvalue weighted by Gasteiger charge is 2.36. The highest BCUT2D eigenvalue weighted by Crippen LogP contribution is 2.44. The number of aliphatic carboxylic acids is 1. The number of unbranched alkanes of at least 4 members (excludes halogenated alkanes) is 11. The molecule has 0 spiro atoms. The topological polar surface area (TPSA) is 105 Å². The van der Waals surface area contributed by atoms with Crippen LogP contribution in [0.3, 0.4) is 0 Å². The number of hydrogen-bond acceptors (Lipinski definition) is 4. The van der Waals surface area contributed by atoms with Crippen molar-refractivity contribution in [3.8, 4) is 11.1 Å². The van der Waals surface area contributed by atoms with E-state index >= 15 is 0 Å². The van der Waals surface area contributed by atoms with E-state index in [0.717, 1.165) is 35.1 Å². The van der Waals surface area contributed by atoms with E-state index in [2.05, 4.69) is 29.7 Å². The second-order valence-corrected chi connectivity index (χ2v) is 12.2. The highest BCUT2D eigenvalue weighted by atomic mass is 16.5. The average Bonchev–Trinajstić information content (AvgIpc) is 3.32. The molecule has 1 atom stereocenters. The minimum atomic E-state index is -1.46. The van der Waals surface area contributed by atoms with Crippen LogP contribution in [0, 0.1) is 0 Å². The fourth-order valence-electron chi connectivity index (χ4n) is 5.95. The summed E-state index contributed by atoms with van der Waals surface area (Å²) in [6, 6.07) is 16.1. The van der Waals surface area contributed by atoms with Gasteiger partial charge in [0, 0.05) is 18.9 Å². The molecule has 0 fully saturated rings. The molecule has 0 saturated carbocycles. The molecule has 3 rings (SSSR count). The highest BCUT2D eigenvalue weighted by molar-refractivity contribution is 5.84. The number of fused-ring (bicyclic) bond motifs is 3. The van der Waals surface area contributed by atoms with Crippen molar-refractivity contribution >= 4 is 18.0 Å². The van der Waals surface area contributed by atoms with E-state index in [0.29, 0.717) is 25.8 Å². The Balaban J connectivity index is 1.28. The van der Waals surface area contributed by atoms with Gasteiger partial charge in [-0.15, -0.1) is 0 Å². The van der Waals surface area contributed by atoms with Crippen LogP contribution in [0.1, 0.15) is 127 Å². The van der Waals surface area contributed by atoms with Crippen molar-refractivity contribution in [2.45, 2.75) is 122 Å². The Hall–Kier alpha value is -3.35. The molecule has 0 heterocycles. The molecule has 7 nitrogen and oxygen atoms in total. The Labute approximate surface area is 258 Å². The lowest BCUT2D eigenvalue weighted by Gasteiger charge is -2.26.